The van der Waals surface area contributed by atoms with E-state index in [2.05, 4.69) is 5.32 Å². The van der Waals surface area contributed by atoms with Gasteiger partial charge in [0.25, 0.3) is 11.8 Å². The number of nitrogens with two attached hydrogens (primary N) is 1. The number of nitrogens with zero attached hydrogens (tertiary/aromatic N) is 3. The number of fused-ring (bicyclic) bond motifs is 1. The van der Waals surface area contributed by atoms with Gasteiger partial charge in [0.15, 0.2) is 0 Å². The molecule has 0 bridgehead atoms. The van der Waals surface area contributed by atoms with Crippen LogP contribution in [-0.2, 0) is 11.2 Å². The molecule has 3 N–H and O–H groups in total. The van der Waals surface area contributed by atoms with Crippen molar-refractivity contribution in [1.29, 1.82) is 0 Å². The molecule has 0 spiro atoms. The van der Waals surface area contributed by atoms with E-state index in [9.17, 15) is 14.4 Å². The Morgan fingerprint density at radius 3 is 2.20 bits per heavy atom. The van der Waals surface area contributed by atoms with Crippen LogP contribution >= 0.6 is 0 Å². The Morgan fingerprint density at radius 2 is 1.54 bits per heavy atom. The number of benzene rings is 2. The number of rotatable bonds is 5. The minimum atomic E-state index is -0.560. The fourth-order valence-corrected chi connectivity index (χ4v) is 4.74. The summed E-state index contributed by atoms with van der Waals surface area (Å²) in [5.41, 5.74) is 9.35. The second kappa shape index (κ2) is 9.27. The predicted octanol–water partition coefficient (Wildman–Crippen LogP) is 2.11. The third kappa shape index (κ3) is 4.15. The molecule has 0 unspecified atom stereocenters. The number of hydrogen-bond acceptors (Lipinski definition) is 5. The van der Waals surface area contributed by atoms with Crippen LogP contribution in [0.3, 0.4) is 0 Å². The van der Waals surface area contributed by atoms with Crippen molar-refractivity contribution in [3.8, 4) is 11.4 Å². The number of primary amides is 1. The fourth-order valence-electron chi connectivity index (χ4n) is 4.74. The highest BCUT2D eigenvalue weighted by Crippen LogP contribution is 2.32. The largest absolute Gasteiger partial charge is 0.497 e. The van der Waals surface area contributed by atoms with Gasteiger partial charge >= 0.3 is 0 Å². The van der Waals surface area contributed by atoms with Crippen molar-refractivity contribution in [2.45, 2.75) is 12.8 Å². The lowest BCUT2D eigenvalue weighted by Gasteiger charge is -2.29. The van der Waals surface area contributed by atoms with Crippen molar-refractivity contribution in [2.24, 2.45) is 5.73 Å². The molecule has 9 heteroatoms. The number of amides is 3. The number of carbonyl (C=O) groups excluding carboxylic acids is 3. The van der Waals surface area contributed by atoms with Crippen LogP contribution in [0.1, 0.15) is 32.8 Å². The van der Waals surface area contributed by atoms with Gasteiger partial charge in [-0.1, -0.05) is 0 Å². The molecule has 0 aliphatic carbocycles. The van der Waals surface area contributed by atoms with Crippen molar-refractivity contribution < 1.29 is 19.1 Å². The first-order valence-electron chi connectivity index (χ1n) is 11.6. The zero-order valence-corrected chi connectivity index (χ0v) is 19.5. The Hall–Kier alpha value is -4.11. The van der Waals surface area contributed by atoms with E-state index in [1.54, 1.807) is 39.8 Å². The lowest BCUT2D eigenvalue weighted by molar-refractivity contribution is -0.118. The topological polar surface area (TPSA) is 110 Å². The number of ether oxygens (including phenoxy) is 1. The van der Waals surface area contributed by atoms with Crippen molar-refractivity contribution >= 4 is 29.1 Å². The van der Waals surface area contributed by atoms with Crippen molar-refractivity contribution in [3.05, 3.63) is 71.5 Å². The molecule has 35 heavy (non-hydrogen) atoms. The highest BCUT2D eigenvalue weighted by molar-refractivity contribution is 6.10. The minimum Gasteiger partial charge on any atom is -0.497 e. The van der Waals surface area contributed by atoms with E-state index in [0.29, 0.717) is 55.0 Å². The molecule has 3 heterocycles. The zero-order chi connectivity index (χ0) is 24.5. The van der Waals surface area contributed by atoms with Gasteiger partial charge in [-0.05, 0) is 60.5 Å². The molecule has 1 saturated heterocycles. The summed E-state index contributed by atoms with van der Waals surface area (Å²) in [4.78, 5) is 41.8. The maximum atomic E-state index is 13.7. The Bertz CT molecular complexity index is 1280. The first-order chi connectivity index (χ1) is 17.0. The van der Waals surface area contributed by atoms with Crippen LogP contribution in [0.25, 0.3) is 5.69 Å². The van der Waals surface area contributed by atoms with Crippen molar-refractivity contribution in [1.82, 2.24) is 9.88 Å². The molecule has 0 saturated carbocycles. The zero-order valence-electron chi connectivity index (χ0n) is 19.5. The molecular weight excluding hydrogens is 446 g/mol. The summed E-state index contributed by atoms with van der Waals surface area (Å²) >= 11 is 0. The van der Waals surface area contributed by atoms with Crippen molar-refractivity contribution in [3.63, 3.8) is 0 Å². The van der Waals surface area contributed by atoms with Gasteiger partial charge in [0.2, 0.25) is 5.91 Å². The Balaban J connectivity index is 1.48. The van der Waals surface area contributed by atoms with Crippen LogP contribution in [0, 0.1) is 0 Å². The van der Waals surface area contributed by atoms with E-state index in [4.69, 9.17) is 10.5 Å². The number of aromatic nitrogens is 1. The third-order valence-electron chi connectivity index (χ3n) is 6.56. The molecule has 0 atom stereocenters. The molecule has 9 nitrogen and oxygen atoms in total. The van der Waals surface area contributed by atoms with E-state index in [1.165, 1.54) is 0 Å². The Morgan fingerprint density at radius 1 is 0.886 bits per heavy atom. The van der Waals surface area contributed by atoms with Crippen LogP contribution in [0.15, 0.2) is 54.7 Å². The summed E-state index contributed by atoms with van der Waals surface area (Å²) < 4.78 is 6.96. The molecule has 2 aliphatic heterocycles. The fraction of sp³-hybridized carbons (Fsp3) is 0.269. The van der Waals surface area contributed by atoms with Crippen molar-refractivity contribution in [2.75, 3.05) is 43.1 Å². The van der Waals surface area contributed by atoms with Crippen LogP contribution in [0.2, 0.25) is 0 Å². The number of hydrogen-bond donors (Lipinski definition) is 2. The SMILES string of the molecule is COc1ccc(-n2cc(C(N)=O)c3c2C(=O)N(c2ccc(N4CCNCCC4=O)cc2)CC3)cc1. The van der Waals surface area contributed by atoms with E-state index < -0.39 is 5.91 Å². The predicted molar refractivity (Wildman–Crippen MR) is 133 cm³/mol. The van der Waals surface area contributed by atoms with Gasteiger partial charge in [-0.15, -0.1) is 0 Å². The van der Waals surface area contributed by atoms with E-state index in [1.807, 2.05) is 36.4 Å². The second-order valence-electron chi connectivity index (χ2n) is 8.57. The highest BCUT2D eigenvalue weighted by Gasteiger charge is 2.33. The summed E-state index contributed by atoms with van der Waals surface area (Å²) in [6.07, 6.45) is 2.60. The summed E-state index contributed by atoms with van der Waals surface area (Å²) in [6.45, 7) is 2.45. The smallest absolute Gasteiger partial charge is 0.275 e. The van der Waals surface area contributed by atoms with Gasteiger partial charge < -0.3 is 30.2 Å². The Kier molecular flexibility index (Phi) is 6.00. The van der Waals surface area contributed by atoms with Gasteiger partial charge in [0, 0.05) is 55.9 Å². The molecule has 3 amide bonds. The summed E-state index contributed by atoms with van der Waals surface area (Å²) in [6, 6.07) is 14.7. The average Bonchev–Trinajstić information content (AvgIpc) is 3.15. The second-order valence-corrected chi connectivity index (χ2v) is 8.57. The maximum Gasteiger partial charge on any atom is 0.275 e. The van der Waals surface area contributed by atoms with Gasteiger partial charge in [-0.3, -0.25) is 14.4 Å². The molecule has 2 aliphatic rings. The number of nitrogens with one attached hydrogen (secondary N) is 1. The van der Waals surface area contributed by atoms with Gasteiger partial charge in [0.1, 0.15) is 11.4 Å². The van der Waals surface area contributed by atoms with Gasteiger partial charge in [0.05, 0.1) is 12.7 Å². The lowest BCUT2D eigenvalue weighted by atomic mass is 10.0. The standard InChI is InChI=1S/C26H27N5O4/c1-35-20-8-6-19(7-9-20)31-16-22(25(27)33)21-11-14-30(26(34)24(21)31)18-4-2-17(3-5-18)29-15-13-28-12-10-23(29)32/h2-9,16,28H,10-15H2,1H3,(H2,27,33). The molecular formula is C26H27N5O4. The minimum absolute atomic E-state index is 0.0812. The van der Waals surface area contributed by atoms with Crippen LogP contribution in [0.4, 0.5) is 11.4 Å². The first-order valence-corrected chi connectivity index (χ1v) is 11.6. The van der Waals surface area contributed by atoms with E-state index >= 15 is 0 Å². The summed E-state index contributed by atoms with van der Waals surface area (Å²) in [7, 11) is 1.59. The number of methoxy groups -OCH3 is 1. The van der Waals surface area contributed by atoms with Gasteiger partial charge in [-0.25, -0.2) is 0 Å². The highest BCUT2D eigenvalue weighted by atomic mass is 16.5. The maximum absolute atomic E-state index is 13.7. The quantitative estimate of drug-likeness (QED) is 0.590. The number of carbonyl (C=O) groups is 3. The van der Waals surface area contributed by atoms with E-state index in [0.717, 1.165) is 23.6 Å². The van der Waals surface area contributed by atoms with Gasteiger partial charge in [-0.2, -0.15) is 0 Å². The lowest BCUT2D eigenvalue weighted by Crippen LogP contribution is -2.39. The van der Waals surface area contributed by atoms with Crippen LogP contribution < -0.4 is 25.6 Å². The van der Waals surface area contributed by atoms with Crippen LogP contribution in [-0.4, -0.2) is 55.6 Å². The summed E-state index contributed by atoms with van der Waals surface area (Å²) in [5.74, 6) is 0.00226. The molecule has 180 valence electrons. The third-order valence-corrected chi connectivity index (χ3v) is 6.56. The molecule has 5 rings (SSSR count). The van der Waals surface area contributed by atoms with Crippen LogP contribution in [0.5, 0.6) is 5.75 Å². The molecule has 0 radical (unpaired) electrons. The monoisotopic (exact) mass is 473 g/mol. The molecule has 2 aromatic carbocycles. The molecule has 3 aromatic rings. The molecule has 1 fully saturated rings. The Labute approximate surface area is 203 Å². The normalized spacial score (nSPS) is 16.1. The van der Waals surface area contributed by atoms with E-state index in [-0.39, 0.29) is 11.8 Å². The molecule has 1 aromatic heterocycles. The first kappa shape index (κ1) is 22.7. The average molecular weight is 474 g/mol. The summed E-state index contributed by atoms with van der Waals surface area (Å²) in [5, 5.41) is 3.23. The number of anilines is 2.